The van der Waals surface area contributed by atoms with E-state index in [1.165, 1.54) is 0 Å². The Morgan fingerprint density at radius 3 is 1.54 bits per heavy atom. The van der Waals surface area contributed by atoms with Crippen molar-refractivity contribution in [3.05, 3.63) is 168 Å². The van der Waals surface area contributed by atoms with E-state index in [0.717, 1.165) is 77.2 Å². The van der Waals surface area contributed by atoms with Gasteiger partial charge >= 0.3 is 0 Å². The van der Waals surface area contributed by atoms with Crippen LogP contribution in [0.25, 0.3) is 77.2 Å². The third-order valence-electron chi connectivity index (χ3n) is 9.64. The van der Waals surface area contributed by atoms with Crippen LogP contribution in [0.15, 0.2) is 152 Å². The Kier molecular flexibility index (Phi) is 6.56. The van der Waals surface area contributed by atoms with Gasteiger partial charge in [-0.1, -0.05) is 84.9 Å². The molecule has 2 heterocycles. The SMILES string of the molecule is N#Cc1ccc(-c2ccc(-c3ccc(-n4c5ccccc5c5cc(C#N)ccc54)cc3)cc2C#N)c(-n2c3ccccc3c3ccccc32)c1. The van der Waals surface area contributed by atoms with Crippen molar-refractivity contribution in [1.82, 2.24) is 9.13 Å². The van der Waals surface area contributed by atoms with Crippen LogP contribution in [0, 0.1) is 34.0 Å². The molecule has 50 heavy (non-hydrogen) atoms. The highest BCUT2D eigenvalue weighted by Crippen LogP contribution is 2.39. The average Bonchev–Trinajstić information content (AvgIpc) is 3.70. The van der Waals surface area contributed by atoms with Gasteiger partial charge in [0.05, 0.1) is 62.7 Å². The first-order valence-electron chi connectivity index (χ1n) is 16.3. The van der Waals surface area contributed by atoms with E-state index < -0.39 is 0 Å². The summed E-state index contributed by atoms with van der Waals surface area (Å²) in [5.41, 5.74) is 11.4. The van der Waals surface area contributed by atoms with Crippen LogP contribution in [0.2, 0.25) is 0 Å². The van der Waals surface area contributed by atoms with Crippen molar-refractivity contribution in [2.24, 2.45) is 0 Å². The maximum atomic E-state index is 10.5. The second-order valence-electron chi connectivity index (χ2n) is 12.3. The molecule has 9 aromatic rings. The minimum Gasteiger partial charge on any atom is -0.309 e. The predicted octanol–water partition coefficient (Wildman–Crippen LogP) is 10.8. The van der Waals surface area contributed by atoms with Crippen molar-refractivity contribution < 1.29 is 0 Å². The highest BCUT2D eigenvalue weighted by molar-refractivity contribution is 6.10. The van der Waals surface area contributed by atoms with Crippen LogP contribution in [0.1, 0.15) is 16.7 Å². The maximum absolute atomic E-state index is 10.5. The third-order valence-corrected chi connectivity index (χ3v) is 9.64. The van der Waals surface area contributed by atoms with Gasteiger partial charge in [-0.15, -0.1) is 0 Å². The van der Waals surface area contributed by atoms with Gasteiger partial charge < -0.3 is 9.13 Å². The summed E-state index contributed by atoms with van der Waals surface area (Å²) >= 11 is 0. The van der Waals surface area contributed by atoms with Gasteiger partial charge in [0.15, 0.2) is 0 Å². The van der Waals surface area contributed by atoms with Crippen LogP contribution in [0.3, 0.4) is 0 Å². The summed E-state index contributed by atoms with van der Waals surface area (Å²) in [7, 11) is 0. The smallest absolute Gasteiger partial charge is 0.0998 e. The van der Waals surface area contributed by atoms with Gasteiger partial charge in [-0.25, -0.2) is 0 Å². The summed E-state index contributed by atoms with van der Waals surface area (Å²) in [4.78, 5) is 0. The summed E-state index contributed by atoms with van der Waals surface area (Å²) in [5.74, 6) is 0. The molecular formula is C45H25N5. The first-order chi connectivity index (χ1) is 24.7. The maximum Gasteiger partial charge on any atom is 0.0998 e. The third kappa shape index (κ3) is 4.38. The Hall–Kier alpha value is -7.39. The summed E-state index contributed by atoms with van der Waals surface area (Å²) in [6, 6.07) is 57.7. The minimum absolute atomic E-state index is 0.550. The van der Waals surface area contributed by atoms with Crippen molar-refractivity contribution in [1.29, 1.82) is 15.8 Å². The fourth-order valence-corrected chi connectivity index (χ4v) is 7.37. The van der Waals surface area contributed by atoms with Crippen molar-refractivity contribution in [3.8, 4) is 51.8 Å². The lowest BCUT2D eigenvalue weighted by Crippen LogP contribution is -1.99. The molecule has 0 radical (unpaired) electrons. The van der Waals surface area contributed by atoms with E-state index in [1.54, 1.807) is 0 Å². The molecule has 0 bridgehead atoms. The molecule has 0 fully saturated rings. The van der Waals surface area contributed by atoms with Crippen LogP contribution in [-0.2, 0) is 0 Å². The normalized spacial score (nSPS) is 11.1. The van der Waals surface area contributed by atoms with Crippen LogP contribution < -0.4 is 0 Å². The van der Waals surface area contributed by atoms with E-state index in [-0.39, 0.29) is 0 Å². The van der Waals surface area contributed by atoms with E-state index in [0.29, 0.717) is 16.7 Å². The molecule has 0 unspecified atom stereocenters. The molecule has 0 spiro atoms. The van der Waals surface area contributed by atoms with Crippen LogP contribution >= 0.6 is 0 Å². The molecule has 5 heteroatoms. The number of hydrogen-bond acceptors (Lipinski definition) is 3. The second-order valence-corrected chi connectivity index (χ2v) is 12.3. The molecular weight excluding hydrogens is 611 g/mol. The first kappa shape index (κ1) is 28.8. The average molecular weight is 636 g/mol. The van der Waals surface area contributed by atoms with Gasteiger partial charge in [-0.2, -0.15) is 15.8 Å². The zero-order valence-corrected chi connectivity index (χ0v) is 26.7. The fraction of sp³-hybridized carbons (Fsp3) is 0. The Labute approximate surface area is 287 Å². The van der Waals surface area contributed by atoms with Crippen LogP contribution in [0.5, 0.6) is 0 Å². The summed E-state index contributed by atoms with van der Waals surface area (Å²) in [6.07, 6.45) is 0. The lowest BCUT2D eigenvalue weighted by molar-refractivity contribution is 1.18. The van der Waals surface area contributed by atoms with Crippen molar-refractivity contribution in [3.63, 3.8) is 0 Å². The highest BCUT2D eigenvalue weighted by Gasteiger charge is 2.19. The van der Waals surface area contributed by atoms with E-state index in [2.05, 4.69) is 94.1 Å². The fourth-order valence-electron chi connectivity index (χ4n) is 7.37. The molecule has 7 aromatic carbocycles. The molecule has 2 aromatic heterocycles. The van der Waals surface area contributed by atoms with Crippen LogP contribution in [0.4, 0.5) is 0 Å². The van der Waals surface area contributed by atoms with E-state index in [4.69, 9.17) is 0 Å². The molecule has 0 saturated heterocycles. The van der Waals surface area contributed by atoms with Gasteiger partial charge in [0, 0.05) is 38.4 Å². The zero-order valence-electron chi connectivity index (χ0n) is 26.7. The number of hydrogen-bond donors (Lipinski definition) is 0. The number of benzene rings is 7. The molecule has 0 amide bonds. The van der Waals surface area contributed by atoms with Crippen molar-refractivity contribution >= 4 is 43.6 Å². The van der Waals surface area contributed by atoms with Crippen molar-refractivity contribution in [2.45, 2.75) is 0 Å². The summed E-state index contributed by atoms with van der Waals surface area (Å²) in [6.45, 7) is 0. The Balaban J connectivity index is 1.16. The van der Waals surface area contributed by atoms with Crippen LogP contribution in [-0.4, -0.2) is 9.13 Å². The number of aromatic nitrogens is 2. The minimum atomic E-state index is 0.550. The lowest BCUT2D eigenvalue weighted by Gasteiger charge is -2.16. The van der Waals surface area contributed by atoms with Crippen molar-refractivity contribution in [2.75, 3.05) is 0 Å². The molecule has 0 atom stereocenters. The number of nitriles is 3. The van der Waals surface area contributed by atoms with E-state index in [1.807, 2.05) is 84.9 Å². The molecule has 9 rings (SSSR count). The monoisotopic (exact) mass is 635 g/mol. The molecule has 0 aliphatic rings. The zero-order chi connectivity index (χ0) is 33.8. The van der Waals surface area contributed by atoms with Gasteiger partial charge in [-0.05, 0) is 77.9 Å². The Morgan fingerprint density at radius 1 is 0.380 bits per heavy atom. The number of nitrogens with zero attached hydrogens (tertiary/aromatic N) is 5. The summed E-state index contributed by atoms with van der Waals surface area (Å²) < 4.78 is 4.42. The predicted molar refractivity (Wildman–Crippen MR) is 200 cm³/mol. The Morgan fingerprint density at radius 2 is 0.900 bits per heavy atom. The highest BCUT2D eigenvalue weighted by atomic mass is 15.0. The summed E-state index contributed by atoms with van der Waals surface area (Å²) in [5, 5.41) is 34.3. The lowest BCUT2D eigenvalue weighted by atomic mass is 9.93. The molecule has 0 aliphatic heterocycles. The standard InChI is InChI=1S/C45H25N5/c46-26-29-14-22-44-40(23-29)38-9-3-4-10-41(38)49(44)34-18-15-31(16-19-34)32-17-21-35(33(25-32)28-48)39-20-13-30(27-47)24-45(39)50-42-11-5-1-7-36(42)37-8-2-6-12-43(37)50/h1-25H. The molecule has 230 valence electrons. The molecule has 0 saturated carbocycles. The first-order valence-corrected chi connectivity index (χ1v) is 16.3. The molecule has 0 N–H and O–H groups in total. The molecule has 0 aliphatic carbocycles. The van der Waals surface area contributed by atoms with Gasteiger partial charge in [0.1, 0.15) is 0 Å². The Bertz CT molecular complexity index is 2900. The number of fused-ring (bicyclic) bond motifs is 6. The van der Waals surface area contributed by atoms with Gasteiger partial charge in [0.25, 0.3) is 0 Å². The number of para-hydroxylation sites is 3. The molecule has 5 nitrogen and oxygen atoms in total. The topological polar surface area (TPSA) is 81.2 Å². The second kappa shape index (κ2) is 11.4. The van der Waals surface area contributed by atoms with E-state index in [9.17, 15) is 15.8 Å². The quantitative estimate of drug-likeness (QED) is 0.193. The van der Waals surface area contributed by atoms with E-state index >= 15 is 0 Å². The van der Waals surface area contributed by atoms with Gasteiger partial charge in [0.2, 0.25) is 0 Å². The number of rotatable bonds is 4. The van der Waals surface area contributed by atoms with Gasteiger partial charge in [-0.3, -0.25) is 0 Å². The largest absolute Gasteiger partial charge is 0.309 e.